The molecule has 0 radical (unpaired) electrons. The lowest BCUT2D eigenvalue weighted by Gasteiger charge is -2.25. The van der Waals surface area contributed by atoms with Crippen LogP contribution in [0.5, 0.6) is 0 Å². The first kappa shape index (κ1) is 21.8. The molecule has 0 unspecified atom stereocenters. The Balaban J connectivity index is 1.93. The van der Waals surface area contributed by atoms with E-state index in [0.717, 1.165) is 16.8 Å². The lowest BCUT2D eigenvalue weighted by atomic mass is 9.95. The summed E-state index contributed by atoms with van der Waals surface area (Å²) >= 11 is 1.34. The van der Waals surface area contributed by atoms with Crippen molar-refractivity contribution >= 4 is 29.1 Å². The Kier molecular flexibility index (Phi) is 6.10. The maximum absolute atomic E-state index is 13.5. The topological polar surface area (TPSA) is 63.9 Å². The zero-order valence-corrected chi connectivity index (χ0v) is 19.3. The van der Waals surface area contributed by atoms with Gasteiger partial charge in [0, 0.05) is 19.8 Å². The van der Waals surface area contributed by atoms with Crippen molar-refractivity contribution in [2.75, 3.05) is 26.1 Å². The maximum atomic E-state index is 13.5. The van der Waals surface area contributed by atoms with Crippen LogP contribution in [0.2, 0.25) is 0 Å². The van der Waals surface area contributed by atoms with Crippen LogP contribution in [0.25, 0.3) is 6.08 Å². The highest BCUT2D eigenvalue weighted by atomic mass is 32.1. The molecule has 4 rings (SSSR count). The SMILES string of the molecule is CCC1=C(C(=O)OC)[C@@H](c2ccccc2)n2c(s/c(=C\c3ccc(N(C)C)cc3)c2=O)=N1. The molecular formula is C25H25N3O3S. The lowest BCUT2D eigenvalue weighted by molar-refractivity contribution is -0.136. The molecule has 7 heteroatoms. The number of thiazole rings is 1. The van der Waals surface area contributed by atoms with Crippen molar-refractivity contribution in [2.45, 2.75) is 19.4 Å². The average Bonchev–Trinajstić information content (AvgIpc) is 3.12. The number of aromatic nitrogens is 1. The second kappa shape index (κ2) is 8.96. The molecule has 32 heavy (non-hydrogen) atoms. The molecule has 2 aromatic carbocycles. The number of hydrogen-bond donors (Lipinski definition) is 0. The molecule has 1 atom stereocenters. The minimum atomic E-state index is -0.576. The molecule has 1 aliphatic heterocycles. The highest BCUT2D eigenvalue weighted by Gasteiger charge is 2.33. The van der Waals surface area contributed by atoms with Gasteiger partial charge in [0.25, 0.3) is 5.56 Å². The fourth-order valence-corrected chi connectivity index (χ4v) is 4.85. The molecule has 3 aromatic rings. The molecule has 1 aliphatic rings. The Morgan fingerprint density at radius 3 is 2.44 bits per heavy atom. The summed E-state index contributed by atoms with van der Waals surface area (Å²) in [7, 11) is 5.33. The first-order valence-corrected chi connectivity index (χ1v) is 11.2. The fourth-order valence-electron chi connectivity index (χ4n) is 3.83. The molecule has 0 spiro atoms. The normalized spacial score (nSPS) is 15.9. The minimum Gasteiger partial charge on any atom is -0.466 e. The first-order valence-electron chi connectivity index (χ1n) is 10.4. The van der Waals surface area contributed by atoms with Crippen molar-refractivity contribution in [3.05, 3.63) is 96.7 Å². The van der Waals surface area contributed by atoms with E-state index in [-0.39, 0.29) is 5.56 Å². The van der Waals surface area contributed by atoms with E-state index in [1.165, 1.54) is 18.4 Å². The van der Waals surface area contributed by atoms with E-state index in [0.29, 0.717) is 27.0 Å². The number of nitrogens with zero attached hydrogens (tertiary/aromatic N) is 3. The van der Waals surface area contributed by atoms with Crippen LogP contribution in [0.4, 0.5) is 5.69 Å². The van der Waals surface area contributed by atoms with Gasteiger partial charge >= 0.3 is 5.97 Å². The van der Waals surface area contributed by atoms with Crippen LogP contribution < -0.4 is 19.8 Å². The van der Waals surface area contributed by atoms with Gasteiger partial charge in [-0.3, -0.25) is 9.36 Å². The number of carbonyl (C=O) groups excluding carboxylic acids is 1. The standard InChI is InChI=1S/C25H25N3O3S/c1-5-19-21(24(30)31-4)22(17-9-7-6-8-10-17)28-23(29)20(32-25(28)26-19)15-16-11-13-18(14-12-16)27(2)3/h6-15,22H,5H2,1-4H3/b20-15-/t22-/m1/s1. The molecule has 0 saturated heterocycles. The Hall–Kier alpha value is -3.45. The highest BCUT2D eigenvalue weighted by molar-refractivity contribution is 7.07. The summed E-state index contributed by atoms with van der Waals surface area (Å²) < 4.78 is 7.27. The summed E-state index contributed by atoms with van der Waals surface area (Å²) in [6.07, 6.45) is 2.43. The smallest absolute Gasteiger partial charge is 0.338 e. The van der Waals surface area contributed by atoms with Gasteiger partial charge in [-0.1, -0.05) is 60.7 Å². The molecule has 1 aromatic heterocycles. The number of esters is 1. The predicted molar refractivity (Wildman–Crippen MR) is 128 cm³/mol. The molecule has 0 N–H and O–H groups in total. The first-order chi connectivity index (χ1) is 15.4. The van der Waals surface area contributed by atoms with Gasteiger partial charge in [-0.05, 0) is 35.8 Å². The van der Waals surface area contributed by atoms with Crippen molar-refractivity contribution in [3.8, 4) is 0 Å². The fraction of sp³-hybridized carbons (Fsp3) is 0.240. The van der Waals surface area contributed by atoms with Crippen LogP contribution in [0.1, 0.15) is 30.5 Å². The van der Waals surface area contributed by atoms with E-state index in [4.69, 9.17) is 4.74 Å². The van der Waals surface area contributed by atoms with Gasteiger partial charge in [-0.25, -0.2) is 9.79 Å². The highest BCUT2D eigenvalue weighted by Crippen LogP contribution is 2.31. The van der Waals surface area contributed by atoms with Gasteiger partial charge in [0.15, 0.2) is 4.80 Å². The third kappa shape index (κ3) is 3.91. The molecule has 2 heterocycles. The quantitative estimate of drug-likeness (QED) is 0.565. The number of benzene rings is 2. The third-order valence-electron chi connectivity index (χ3n) is 5.47. The largest absolute Gasteiger partial charge is 0.466 e. The summed E-state index contributed by atoms with van der Waals surface area (Å²) in [6.45, 7) is 1.95. The lowest BCUT2D eigenvalue weighted by Crippen LogP contribution is -2.40. The van der Waals surface area contributed by atoms with Crippen molar-refractivity contribution in [3.63, 3.8) is 0 Å². The predicted octanol–water partition coefficient (Wildman–Crippen LogP) is 2.86. The third-order valence-corrected chi connectivity index (χ3v) is 6.46. The summed E-state index contributed by atoms with van der Waals surface area (Å²) in [5.41, 5.74) is 3.75. The number of fused-ring (bicyclic) bond motifs is 1. The van der Waals surface area contributed by atoms with Crippen LogP contribution in [-0.2, 0) is 9.53 Å². The zero-order chi connectivity index (χ0) is 22.8. The van der Waals surface area contributed by atoms with E-state index in [9.17, 15) is 9.59 Å². The molecule has 164 valence electrons. The summed E-state index contributed by atoms with van der Waals surface area (Å²) in [6, 6.07) is 17.0. The number of allylic oxidation sites excluding steroid dienone is 1. The Morgan fingerprint density at radius 2 is 1.84 bits per heavy atom. The molecule has 0 saturated carbocycles. The Bertz CT molecular complexity index is 1350. The van der Waals surface area contributed by atoms with Gasteiger partial charge in [-0.15, -0.1) is 0 Å². The number of ether oxygens (including phenoxy) is 1. The van der Waals surface area contributed by atoms with Crippen LogP contribution >= 0.6 is 11.3 Å². The number of methoxy groups -OCH3 is 1. The average molecular weight is 448 g/mol. The second-order valence-electron chi connectivity index (χ2n) is 7.68. The molecular weight excluding hydrogens is 422 g/mol. The Morgan fingerprint density at radius 1 is 1.16 bits per heavy atom. The summed E-state index contributed by atoms with van der Waals surface area (Å²) in [5, 5.41) is 0. The second-order valence-corrected chi connectivity index (χ2v) is 8.69. The van der Waals surface area contributed by atoms with Crippen molar-refractivity contribution < 1.29 is 9.53 Å². The van der Waals surface area contributed by atoms with E-state index < -0.39 is 12.0 Å². The van der Waals surface area contributed by atoms with Crippen molar-refractivity contribution in [2.24, 2.45) is 4.99 Å². The van der Waals surface area contributed by atoms with Crippen molar-refractivity contribution in [1.29, 1.82) is 0 Å². The van der Waals surface area contributed by atoms with Gasteiger partial charge in [0.05, 0.1) is 29.0 Å². The molecule has 6 nitrogen and oxygen atoms in total. The maximum Gasteiger partial charge on any atom is 0.338 e. The van der Waals surface area contributed by atoms with Crippen LogP contribution in [0, 0.1) is 0 Å². The van der Waals surface area contributed by atoms with Crippen LogP contribution in [0.15, 0.2) is 75.7 Å². The number of rotatable bonds is 5. The molecule has 0 bridgehead atoms. The summed E-state index contributed by atoms with van der Waals surface area (Å²) in [5.74, 6) is -0.465. The van der Waals surface area contributed by atoms with E-state index in [1.807, 2.05) is 86.6 Å². The van der Waals surface area contributed by atoms with Gasteiger partial charge in [0.2, 0.25) is 0 Å². The zero-order valence-electron chi connectivity index (χ0n) is 18.5. The molecule has 0 amide bonds. The van der Waals surface area contributed by atoms with E-state index >= 15 is 0 Å². The minimum absolute atomic E-state index is 0.171. The van der Waals surface area contributed by atoms with Crippen LogP contribution in [-0.4, -0.2) is 31.7 Å². The monoisotopic (exact) mass is 447 g/mol. The number of hydrogen-bond acceptors (Lipinski definition) is 6. The summed E-state index contributed by atoms with van der Waals surface area (Å²) in [4.78, 5) is 33.6. The number of carbonyl (C=O) groups is 1. The molecule has 0 fully saturated rings. The van der Waals surface area contributed by atoms with E-state index in [1.54, 1.807) is 4.57 Å². The van der Waals surface area contributed by atoms with Gasteiger partial charge in [-0.2, -0.15) is 0 Å². The van der Waals surface area contributed by atoms with Crippen LogP contribution in [0.3, 0.4) is 0 Å². The number of anilines is 1. The Labute approximate surface area is 190 Å². The molecule has 0 aliphatic carbocycles. The van der Waals surface area contributed by atoms with Crippen molar-refractivity contribution in [1.82, 2.24) is 4.57 Å². The van der Waals surface area contributed by atoms with Gasteiger partial charge in [0.1, 0.15) is 0 Å². The van der Waals surface area contributed by atoms with E-state index in [2.05, 4.69) is 4.99 Å². The van der Waals surface area contributed by atoms with Gasteiger partial charge < -0.3 is 9.64 Å².